The lowest BCUT2D eigenvalue weighted by Crippen LogP contribution is -2.26. The quantitative estimate of drug-likeness (QED) is 0.612. The summed E-state index contributed by atoms with van der Waals surface area (Å²) in [6, 6.07) is 0. The normalized spacial score (nSPS) is 20.1. The number of rotatable bonds is 0. The molecule has 0 fully saturated rings. The lowest BCUT2D eigenvalue weighted by Gasteiger charge is -2.26. The van der Waals surface area contributed by atoms with Gasteiger partial charge in [0.1, 0.15) is 11.5 Å². The first-order valence-corrected chi connectivity index (χ1v) is 4.47. The highest BCUT2D eigenvalue weighted by Gasteiger charge is 2.34. The van der Waals surface area contributed by atoms with Gasteiger partial charge in [0.2, 0.25) is 0 Å². The number of hydrogen-bond donors (Lipinski definition) is 0. The summed E-state index contributed by atoms with van der Waals surface area (Å²) in [4.78, 5) is 15.7. The van der Waals surface area contributed by atoms with Gasteiger partial charge in [-0.3, -0.25) is 4.79 Å². The molecule has 1 heterocycles. The molecule has 2 rings (SSSR count). The molecule has 0 saturated carbocycles. The van der Waals surface area contributed by atoms with E-state index in [1.165, 1.54) is 0 Å². The van der Waals surface area contributed by atoms with Crippen LogP contribution in [0.25, 0.3) is 0 Å². The summed E-state index contributed by atoms with van der Waals surface area (Å²) in [5.74, 6) is 1.47. The number of aryl methyl sites for hydroxylation is 1. The number of aromatic nitrogens is 1. The van der Waals surface area contributed by atoms with Gasteiger partial charge in [-0.25, -0.2) is 4.98 Å². The molecule has 3 heteroatoms. The molecule has 0 N–H and O–H groups in total. The van der Waals surface area contributed by atoms with Crippen LogP contribution in [0.2, 0.25) is 0 Å². The van der Waals surface area contributed by atoms with Gasteiger partial charge in [-0.05, 0) is 5.41 Å². The zero-order chi connectivity index (χ0) is 9.64. The highest BCUT2D eigenvalue weighted by Crippen LogP contribution is 2.34. The van der Waals surface area contributed by atoms with Gasteiger partial charge in [0, 0.05) is 19.8 Å². The fourth-order valence-corrected chi connectivity index (χ4v) is 1.82. The molecule has 0 unspecified atom stereocenters. The molecule has 0 radical (unpaired) electrons. The van der Waals surface area contributed by atoms with Crippen molar-refractivity contribution in [2.45, 2.75) is 33.6 Å². The van der Waals surface area contributed by atoms with Crippen molar-refractivity contribution >= 4 is 5.78 Å². The molecule has 1 aromatic rings. The van der Waals surface area contributed by atoms with E-state index in [-0.39, 0.29) is 11.2 Å². The van der Waals surface area contributed by atoms with Crippen LogP contribution >= 0.6 is 0 Å². The molecular weight excluding hydrogens is 166 g/mol. The highest BCUT2D eigenvalue weighted by atomic mass is 16.4. The summed E-state index contributed by atoms with van der Waals surface area (Å²) in [7, 11) is 0. The van der Waals surface area contributed by atoms with Crippen molar-refractivity contribution in [2.75, 3.05) is 0 Å². The second-order valence-electron chi connectivity index (χ2n) is 4.45. The average molecular weight is 179 g/mol. The molecular formula is C10H13NO2. The number of fused-ring (bicyclic) bond motifs is 1. The minimum Gasteiger partial charge on any atom is -0.445 e. The second kappa shape index (κ2) is 2.44. The number of oxazole rings is 1. The molecule has 70 valence electrons. The molecule has 0 bridgehead atoms. The zero-order valence-electron chi connectivity index (χ0n) is 8.18. The summed E-state index contributed by atoms with van der Waals surface area (Å²) < 4.78 is 5.38. The van der Waals surface area contributed by atoms with Crippen molar-refractivity contribution in [3.63, 3.8) is 0 Å². The molecule has 0 aliphatic heterocycles. The third-order valence-electron chi connectivity index (χ3n) is 2.35. The standard InChI is InChI=1S/C10H13NO2/c1-6-11-9-7(12)4-10(2,3)5-8(9)13-6/h4-5H2,1-3H3. The van der Waals surface area contributed by atoms with Crippen LogP contribution in [0.5, 0.6) is 0 Å². The Morgan fingerprint density at radius 2 is 2.08 bits per heavy atom. The van der Waals surface area contributed by atoms with E-state index >= 15 is 0 Å². The van der Waals surface area contributed by atoms with Crippen LogP contribution in [-0.4, -0.2) is 10.8 Å². The Morgan fingerprint density at radius 3 is 2.77 bits per heavy atom. The number of Topliss-reactive ketones (excluding diaryl/α,β-unsaturated/α-hetero) is 1. The number of carbonyl (C=O) groups is 1. The Bertz CT molecular complexity index is 363. The molecule has 3 nitrogen and oxygen atoms in total. The van der Waals surface area contributed by atoms with Crippen molar-refractivity contribution < 1.29 is 9.21 Å². The van der Waals surface area contributed by atoms with E-state index in [4.69, 9.17) is 4.42 Å². The third-order valence-corrected chi connectivity index (χ3v) is 2.35. The molecule has 0 aromatic carbocycles. The highest BCUT2D eigenvalue weighted by molar-refractivity contribution is 5.96. The summed E-state index contributed by atoms with van der Waals surface area (Å²) in [6.45, 7) is 5.93. The van der Waals surface area contributed by atoms with E-state index in [1.54, 1.807) is 6.92 Å². The Labute approximate surface area is 77.2 Å². The average Bonchev–Trinajstić information content (AvgIpc) is 2.27. The third kappa shape index (κ3) is 1.39. The SMILES string of the molecule is Cc1nc2c(o1)CC(C)(C)CC2=O. The molecule has 1 aliphatic rings. The lowest BCUT2D eigenvalue weighted by atomic mass is 9.78. The predicted octanol–water partition coefficient (Wildman–Crippen LogP) is 2.14. The zero-order valence-corrected chi connectivity index (χ0v) is 8.18. The topological polar surface area (TPSA) is 43.1 Å². The number of hydrogen-bond acceptors (Lipinski definition) is 3. The van der Waals surface area contributed by atoms with Crippen LogP contribution in [0.4, 0.5) is 0 Å². The maximum Gasteiger partial charge on any atom is 0.191 e. The monoisotopic (exact) mass is 179 g/mol. The number of ketones is 1. The first-order valence-electron chi connectivity index (χ1n) is 4.47. The molecule has 1 aromatic heterocycles. The molecule has 1 aliphatic carbocycles. The number of nitrogens with zero attached hydrogens (tertiary/aromatic N) is 1. The summed E-state index contributed by atoms with van der Waals surface area (Å²) in [5.41, 5.74) is 0.576. The van der Waals surface area contributed by atoms with Gasteiger partial charge in [-0.15, -0.1) is 0 Å². The van der Waals surface area contributed by atoms with E-state index in [0.717, 1.165) is 12.2 Å². The molecule has 0 saturated heterocycles. The Morgan fingerprint density at radius 1 is 1.38 bits per heavy atom. The Kier molecular flexibility index (Phi) is 1.59. The van der Waals surface area contributed by atoms with E-state index in [2.05, 4.69) is 18.8 Å². The summed E-state index contributed by atoms with van der Waals surface area (Å²) in [6.07, 6.45) is 1.39. The van der Waals surface area contributed by atoms with Crippen LogP contribution in [0.15, 0.2) is 4.42 Å². The molecule has 0 spiro atoms. The fraction of sp³-hybridized carbons (Fsp3) is 0.600. The van der Waals surface area contributed by atoms with Gasteiger partial charge >= 0.3 is 0 Å². The predicted molar refractivity (Wildman–Crippen MR) is 47.7 cm³/mol. The van der Waals surface area contributed by atoms with Gasteiger partial charge in [-0.1, -0.05) is 13.8 Å². The van der Waals surface area contributed by atoms with E-state index < -0.39 is 0 Å². The van der Waals surface area contributed by atoms with Crippen molar-refractivity contribution in [1.29, 1.82) is 0 Å². The van der Waals surface area contributed by atoms with Crippen LogP contribution in [0.1, 0.15) is 42.4 Å². The Balaban J connectivity index is 2.48. The van der Waals surface area contributed by atoms with Crippen molar-refractivity contribution in [1.82, 2.24) is 4.98 Å². The van der Waals surface area contributed by atoms with Gasteiger partial charge < -0.3 is 4.42 Å². The minimum atomic E-state index is 0.0239. The van der Waals surface area contributed by atoms with Crippen LogP contribution in [0.3, 0.4) is 0 Å². The van der Waals surface area contributed by atoms with E-state index in [9.17, 15) is 4.79 Å². The number of carbonyl (C=O) groups excluding carboxylic acids is 1. The first-order chi connectivity index (χ1) is 5.98. The Hall–Kier alpha value is -1.12. The van der Waals surface area contributed by atoms with Crippen molar-refractivity contribution in [2.24, 2.45) is 5.41 Å². The van der Waals surface area contributed by atoms with Crippen molar-refractivity contribution in [3.8, 4) is 0 Å². The van der Waals surface area contributed by atoms with Gasteiger partial charge in [-0.2, -0.15) is 0 Å². The molecule has 0 amide bonds. The summed E-state index contributed by atoms with van der Waals surface area (Å²) >= 11 is 0. The maximum atomic E-state index is 11.6. The molecule has 13 heavy (non-hydrogen) atoms. The van der Waals surface area contributed by atoms with E-state index in [1.807, 2.05) is 0 Å². The van der Waals surface area contributed by atoms with Crippen LogP contribution in [0, 0.1) is 12.3 Å². The minimum absolute atomic E-state index is 0.0239. The van der Waals surface area contributed by atoms with Gasteiger partial charge in [0.25, 0.3) is 0 Å². The van der Waals surface area contributed by atoms with E-state index in [0.29, 0.717) is 18.0 Å². The van der Waals surface area contributed by atoms with Crippen LogP contribution < -0.4 is 0 Å². The molecule has 0 atom stereocenters. The second-order valence-corrected chi connectivity index (χ2v) is 4.45. The van der Waals surface area contributed by atoms with Crippen LogP contribution in [-0.2, 0) is 6.42 Å². The summed E-state index contributed by atoms with van der Waals surface area (Å²) in [5, 5.41) is 0. The smallest absolute Gasteiger partial charge is 0.191 e. The maximum absolute atomic E-state index is 11.6. The van der Waals surface area contributed by atoms with Gasteiger partial charge in [0.05, 0.1) is 0 Å². The van der Waals surface area contributed by atoms with Crippen molar-refractivity contribution in [3.05, 3.63) is 17.3 Å². The first kappa shape index (κ1) is 8.48. The lowest BCUT2D eigenvalue weighted by molar-refractivity contribution is 0.0899. The van der Waals surface area contributed by atoms with Gasteiger partial charge in [0.15, 0.2) is 11.7 Å². The fourth-order valence-electron chi connectivity index (χ4n) is 1.82. The largest absolute Gasteiger partial charge is 0.445 e.